The first kappa shape index (κ1) is 32.9. The Morgan fingerprint density at radius 3 is 2.37 bits per heavy atom. The predicted octanol–water partition coefficient (Wildman–Crippen LogP) is 5.38. The van der Waals surface area contributed by atoms with Crippen LogP contribution >= 0.6 is 23.2 Å². The number of fused-ring (bicyclic) bond motifs is 1. The zero-order chi connectivity index (χ0) is 31.3. The van der Waals surface area contributed by atoms with E-state index in [0.717, 1.165) is 24.0 Å². The number of carbonyl (C=O) groups is 4. The van der Waals surface area contributed by atoms with Gasteiger partial charge in [-0.1, -0.05) is 61.3 Å². The molecule has 8 nitrogen and oxygen atoms in total. The average Bonchev–Trinajstić information content (AvgIpc) is 3.50. The van der Waals surface area contributed by atoms with Gasteiger partial charge in [-0.25, -0.2) is 4.39 Å². The van der Waals surface area contributed by atoms with Gasteiger partial charge in [0, 0.05) is 50.7 Å². The van der Waals surface area contributed by atoms with Crippen molar-refractivity contribution >= 4 is 52.4 Å². The Hall–Kier alpha value is -3.01. The second-order valence-electron chi connectivity index (χ2n) is 11.7. The van der Waals surface area contributed by atoms with Gasteiger partial charge in [0.25, 0.3) is 0 Å². The van der Waals surface area contributed by atoms with E-state index in [1.54, 1.807) is 0 Å². The summed E-state index contributed by atoms with van der Waals surface area (Å²) in [4.78, 5) is 57.0. The molecule has 3 atom stereocenters. The molecule has 0 aromatic heterocycles. The molecule has 2 aromatic carbocycles. The van der Waals surface area contributed by atoms with Crippen molar-refractivity contribution in [2.75, 3.05) is 18.4 Å². The van der Waals surface area contributed by atoms with E-state index in [9.17, 15) is 23.6 Å². The third-order valence-electron chi connectivity index (χ3n) is 8.51. The Morgan fingerprint density at radius 2 is 1.70 bits per heavy atom. The second-order valence-corrected chi connectivity index (χ2v) is 12.5. The maximum absolute atomic E-state index is 14.6. The van der Waals surface area contributed by atoms with Crippen LogP contribution in [-0.2, 0) is 32.1 Å². The Morgan fingerprint density at radius 1 is 1.02 bits per heavy atom. The molecule has 43 heavy (non-hydrogen) atoms. The second kappa shape index (κ2) is 14.6. The van der Waals surface area contributed by atoms with Gasteiger partial charge < -0.3 is 20.9 Å². The zero-order valence-electron chi connectivity index (χ0n) is 24.6. The SMILES string of the molecule is CC(C)C1CCCN1C(=O)CCC(=O)N1Cc2ccccc2C[C@H]1C(=O)C[C@@H](CCN)C(=O)Nc1ccc(Cl)c(Cl)c1F. The number of nitrogens with one attached hydrogen (secondary N) is 1. The fraction of sp³-hybridized carbons (Fsp3) is 0.500. The van der Waals surface area contributed by atoms with Crippen molar-refractivity contribution in [1.82, 2.24) is 9.80 Å². The van der Waals surface area contributed by atoms with Gasteiger partial charge in [0.2, 0.25) is 17.7 Å². The lowest BCUT2D eigenvalue weighted by molar-refractivity contribution is -0.143. The third kappa shape index (κ3) is 7.75. The number of benzene rings is 2. The number of nitrogens with zero attached hydrogens (tertiary/aromatic N) is 2. The van der Waals surface area contributed by atoms with Gasteiger partial charge in [-0.15, -0.1) is 0 Å². The maximum Gasteiger partial charge on any atom is 0.228 e. The summed E-state index contributed by atoms with van der Waals surface area (Å²) in [5.41, 5.74) is 7.51. The van der Waals surface area contributed by atoms with Crippen LogP contribution < -0.4 is 11.1 Å². The molecule has 2 heterocycles. The van der Waals surface area contributed by atoms with Crippen molar-refractivity contribution < 1.29 is 23.6 Å². The van der Waals surface area contributed by atoms with E-state index in [2.05, 4.69) is 19.2 Å². The van der Waals surface area contributed by atoms with Gasteiger partial charge in [-0.05, 0) is 55.0 Å². The third-order valence-corrected chi connectivity index (χ3v) is 9.29. The Kier molecular flexibility index (Phi) is 11.2. The lowest BCUT2D eigenvalue weighted by Crippen LogP contribution is -2.49. The highest BCUT2D eigenvalue weighted by atomic mass is 35.5. The van der Waals surface area contributed by atoms with Crippen LogP contribution in [0.25, 0.3) is 0 Å². The number of hydrogen-bond donors (Lipinski definition) is 2. The van der Waals surface area contributed by atoms with E-state index in [-0.39, 0.29) is 78.1 Å². The van der Waals surface area contributed by atoms with Gasteiger partial charge in [-0.3, -0.25) is 19.2 Å². The number of Topliss-reactive ketones (excluding diaryl/α,β-unsaturated/α-hetero) is 1. The minimum atomic E-state index is -0.871. The number of ketones is 1. The van der Waals surface area contributed by atoms with Crippen molar-refractivity contribution in [3.63, 3.8) is 0 Å². The Balaban J connectivity index is 1.48. The van der Waals surface area contributed by atoms with Crippen LogP contribution in [-0.4, -0.2) is 58.5 Å². The summed E-state index contributed by atoms with van der Waals surface area (Å²) < 4.78 is 14.6. The molecular formula is C32H39Cl2FN4O4. The molecule has 0 aliphatic carbocycles. The highest BCUT2D eigenvalue weighted by Crippen LogP contribution is 2.31. The van der Waals surface area contributed by atoms with Crippen LogP contribution in [0.15, 0.2) is 36.4 Å². The number of rotatable bonds is 11. The van der Waals surface area contributed by atoms with E-state index < -0.39 is 23.7 Å². The summed E-state index contributed by atoms with van der Waals surface area (Å²) in [6, 6.07) is 9.67. The van der Waals surface area contributed by atoms with E-state index in [1.807, 2.05) is 29.2 Å². The molecule has 0 radical (unpaired) electrons. The molecule has 1 fully saturated rings. The highest BCUT2D eigenvalue weighted by Gasteiger charge is 2.37. The van der Waals surface area contributed by atoms with Crippen molar-refractivity contribution in [2.24, 2.45) is 17.6 Å². The van der Waals surface area contributed by atoms with Gasteiger partial charge in [0.05, 0.1) is 21.8 Å². The van der Waals surface area contributed by atoms with E-state index >= 15 is 0 Å². The Bertz CT molecular complexity index is 1370. The fourth-order valence-corrected chi connectivity index (χ4v) is 6.44. The van der Waals surface area contributed by atoms with Gasteiger partial charge in [0.1, 0.15) is 0 Å². The standard InChI is InChI=1S/C32H39Cl2FN4O4/c1-19(2)25-8-5-15-38(25)28(41)11-12-29(42)39-18-22-7-4-3-6-20(22)16-26(39)27(40)17-21(13-14-36)32(43)37-24-10-9-23(33)30(34)31(24)35/h3-4,6-7,9-10,19,21,25-26H,5,8,11-18,36H2,1-2H3,(H,37,43)/t21-,25?,26+/m1/s1. The molecule has 0 spiro atoms. The summed E-state index contributed by atoms with van der Waals surface area (Å²) in [5, 5.41) is 2.20. The molecule has 3 N–H and O–H groups in total. The van der Waals surface area contributed by atoms with E-state index in [1.165, 1.54) is 17.0 Å². The lowest BCUT2D eigenvalue weighted by Gasteiger charge is -2.37. The molecule has 2 aromatic rings. The first-order chi connectivity index (χ1) is 20.5. The smallest absolute Gasteiger partial charge is 0.228 e. The molecular weight excluding hydrogens is 594 g/mol. The first-order valence-corrected chi connectivity index (χ1v) is 15.6. The summed E-state index contributed by atoms with van der Waals surface area (Å²) in [5.74, 6) is -2.58. The summed E-state index contributed by atoms with van der Waals surface area (Å²) in [6.07, 6.45) is 2.28. The van der Waals surface area contributed by atoms with Crippen molar-refractivity contribution in [3.8, 4) is 0 Å². The Labute approximate surface area is 262 Å². The quantitative estimate of drug-likeness (QED) is 0.323. The van der Waals surface area contributed by atoms with Crippen molar-refractivity contribution in [3.05, 3.63) is 63.4 Å². The molecule has 11 heteroatoms. The number of carbonyl (C=O) groups excluding carboxylic acids is 4. The number of likely N-dealkylation sites (tertiary alicyclic amines) is 1. The highest BCUT2D eigenvalue weighted by molar-refractivity contribution is 6.42. The number of halogens is 3. The van der Waals surface area contributed by atoms with Crippen LogP contribution in [0.2, 0.25) is 10.0 Å². The van der Waals surface area contributed by atoms with Crippen LogP contribution in [0.3, 0.4) is 0 Å². The van der Waals surface area contributed by atoms with Crippen LogP contribution in [0.1, 0.15) is 63.5 Å². The molecule has 0 saturated carbocycles. The summed E-state index contributed by atoms with van der Waals surface area (Å²) in [6.45, 7) is 5.26. The lowest BCUT2D eigenvalue weighted by atomic mass is 9.87. The van der Waals surface area contributed by atoms with Gasteiger partial charge in [0.15, 0.2) is 11.6 Å². The van der Waals surface area contributed by atoms with Crippen LogP contribution in [0.5, 0.6) is 0 Å². The number of nitrogens with two attached hydrogens (primary N) is 1. The minimum absolute atomic E-state index is 0.00455. The summed E-state index contributed by atoms with van der Waals surface area (Å²) >= 11 is 11.7. The number of amides is 3. The van der Waals surface area contributed by atoms with Crippen molar-refractivity contribution in [1.29, 1.82) is 0 Å². The van der Waals surface area contributed by atoms with E-state index in [4.69, 9.17) is 28.9 Å². The van der Waals surface area contributed by atoms with Gasteiger partial charge in [-0.2, -0.15) is 0 Å². The van der Waals surface area contributed by atoms with E-state index in [0.29, 0.717) is 18.9 Å². The monoisotopic (exact) mass is 632 g/mol. The molecule has 1 saturated heterocycles. The molecule has 2 aliphatic heterocycles. The van der Waals surface area contributed by atoms with Crippen LogP contribution in [0.4, 0.5) is 10.1 Å². The van der Waals surface area contributed by atoms with Crippen molar-refractivity contribution in [2.45, 2.75) is 77.4 Å². The molecule has 0 bridgehead atoms. The molecule has 232 valence electrons. The molecule has 4 rings (SSSR count). The molecule has 3 amide bonds. The molecule has 1 unspecified atom stereocenters. The number of hydrogen-bond acceptors (Lipinski definition) is 5. The normalized spacial score (nSPS) is 18.9. The zero-order valence-corrected chi connectivity index (χ0v) is 26.1. The summed E-state index contributed by atoms with van der Waals surface area (Å²) in [7, 11) is 0. The van der Waals surface area contributed by atoms with Gasteiger partial charge >= 0.3 is 0 Å². The average molecular weight is 634 g/mol. The fourth-order valence-electron chi connectivity index (χ4n) is 6.13. The molecule has 2 aliphatic rings. The minimum Gasteiger partial charge on any atom is -0.339 e. The largest absolute Gasteiger partial charge is 0.339 e. The topological polar surface area (TPSA) is 113 Å². The number of anilines is 1. The first-order valence-electron chi connectivity index (χ1n) is 14.8. The predicted molar refractivity (Wildman–Crippen MR) is 165 cm³/mol. The van der Waals surface area contributed by atoms with Crippen LogP contribution in [0, 0.1) is 17.7 Å². The maximum atomic E-state index is 14.6.